The Kier molecular flexibility index (Phi) is 6.36. The van der Waals surface area contributed by atoms with Gasteiger partial charge in [0.1, 0.15) is 5.82 Å². The molecule has 1 aromatic rings. The van der Waals surface area contributed by atoms with Gasteiger partial charge in [-0.05, 0) is 17.8 Å². The molecular weight excluding hydrogens is 292 g/mol. The minimum atomic E-state index is -0.494. The van der Waals surface area contributed by atoms with Crippen molar-refractivity contribution in [2.45, 2.75) is 60.7 Å². The Hall–Kier alpha value is -1.40. The van der Waals surface area contributed by atoms with Gasteiger partial charge < -0.3 is 20.8 Å². The first kappa shape index (κ1) is 19.6. The predicted molar refractivity (Wildman–Crippen MR) is 94.7 cm³/mol. The minimum absolute atomic E-state index is 0.189. The van der Waals surface area contributed by atoms with Crippen LogP contribution in [0.1, 0.15) is 47.1 Å². The highest BCUT2D eigenvalue weighted by molar-refractivity contribution is 5.46. The van der Waals surface area contributed by atoms with E-state index in [1.807, 2.05) is 48.5 Å². The van der Waals surface area contributed by atoms with E-state index in [2.05, 4.69) is 20.6 Å². The topological polar surface area (TPSA) is 90.3 Å². The number of anilines is 2. The molecule has 0 aromatic carbocycles. The van der Waals surface area contributed by atoms with Gasteiger partial charge in [0.05, 0.1) is 12.2 Å². The second kappa shape index (κ2) is 7.45. The number of hydrogen-bond acceptors (Lipinski definition) is 6. The summed E-state index contributed by atoms with van der Waals surface area (Å²) in [5.41, 5.74) is 0.523. The quantitative estimate of drug-likeness (QED) is 0.642. The van der Waals surface area contributed by atoms with Gasteiger partial charge in [-0.1, -0.05) is 41.5 Å². The zero-order valence-electron chi connectivity index (χ0n) is 15.4. The zero-order chi connectivity index (χ0) is 17.8. The molecule has 0 radical (unpaired) electrons. The van der Waals surface area contributed by atoms with Crippen molar-refractivity contribution < 1.29 is 10.2 Å². The van der Waals surface area contributed by atoms with E-state index in [0.29, 0.717) is 24.9 Å². The number of aliphatic hydroxyl groups excluding tert-OH is 2. The van der Waals surface area contributed by atoms with Crippen molar-refractivity contribution in [2.24, 2.45) is 10.8 Å². The molecule has 23 heavy (non-hydrogen) atoms. The van der Waals surface area contributed by atoms with Crippen molar-refractivity contribution in [1.82, 2.24) is 9.97 Å². The molecule has 2 atom stereocenters. The Morgan fingerprint density at radius 2 is 1.43 bits per heavy atom. The summed E-state index contributed by atoms with van der Waals surface area (Å²) in [7, 11) is 0. The molecule has 0 aliphatic carbocycles. The summed E-state index contributed by atoms with van der Waals surface area (Å²) < 4.78 is 0. The van der Waals surface area contributed by atoms with E-state index >= 15 is 0 Å². The maximum Gasteiger partial charge on any atom is 0.224 e. The smallest absolute Gasteiger partial charge is 0.224 e. The summed E-state index contributed by atoms with van der Waals surface area (Å²) in [4.78, 5) is 8.66. The first-order valence-corrected chi connectivity index (χ1v) is 8.09. The summed E-state index contributed by atoms with van der Waals surface area (Å²) in [5, 5.41) is 26.4. The molecule has 0 amide bonds. The van der Waals surface area contributed by atoms with Gasteiger partial charge in [0.15, 0.2) is 0 Å². The van der Waals surface area contributed by atoms with Crippen LogP contribution in [0.15, 0.2) is 6.20 Å². The fraction of sp³-hybridized carbons (Fsp3) is 0.765. The minimum Gasteiger partial charge on any atom is -0.391 e. The van der Waals surface area contributed by atoms with Crippen molar-refractivity contribution in [3.8, 4) is 0 Å². The maximum absolute atomic E-state index is 10.1. The van der Waals surface area contributed by atoms with Crippen molar-refractivity contribution in [3.63, 3.8) is 0 Å². The lowest BCUT2D eigenvalue weighted by atomic mass is 9.89. The molecule has 132 valence electrons. The lowest BCUT2D eigenvalue weighted by Crippen LogP contribution is -2.34. The molecule has 6 nitrogen and oxygen atoms in total. The largest absolute Gasteiger partial charge is 0.391 e. The molecule has 0 fully saturated rings. The van der Waals surface area contributed by atoms with Gasteiger partial charge in [0, 0.05) is 24.8 Å². The summed E-state index contributed by atoms with van der Waals surface area (Å²) >= 11 is 0. The van der Waals surface area contributed by atoms with Crippen LogP contribution in [0.5, 0.6) is 0 Å². The normalized spacial score (nSPS) is 15.2. The highest BCUT2D eigenvalue weighted by atomic mass is 16.3. The molecule has 6 heteroatoms. The van der Waals surface area contributed by atoms with Crippen molar-refractivity contribution in [3.05, 3.63) is 11.8 Å². The number of rotatable bonds is 6. The van der Waals surface area contributed by atoms with E-state index in [1.54, 1.807) is 6.20 Å². The molecule has 4 N–H and O–H groups in total. The molecule has 0 aliphatic heterocycles. The highest BCUT2D eigenvalue weighted by Crippen LogP contribution is 2.21. The average Bonchev–Trinajstić information content (AvgIpc) is 2.42. The van der Waals surface area contributed by atoms with Gasteiger partial charge in [0.25, 0.3) is 0 Å². The average molecular weight is 324 g/mol. The Balaban J connectivity index is 2.69. The fourth-order valence-electron chi connectivity index (χ4n) is 1.70. The standard InChI is InChI=1S/C17H32N4O2/c1-11-8-19-15(20-10-13(23)17(5,6)7)21-14(11)18-9-12(22)16(2,3)4/h8,12-13,22-23H,9-10H2,1-7H3,(H2,18,19,20,21). The maximum atomic E-state index is 10.1. The number of aryl methyl sites for hydroxylation is 1. The summed E-state index contributed by atoms with van der Waals surface area (Å²) in [6.45, 7) is 14.7. The second-order valence-corrected chi connectivity index (χ2v) is 8.25. The molecular formula is C17H32N4O2. The number of hydrogen-bond donors (Lipinski definition) is 4. The van der Waals surface area contributed by atoms with E-state index in [0.717, 1.165) is 5.56 Å². The van der Waals surface area contributed by atoms with Crippen molar-refractivity contribution in [2.75, 3.05) is 23.7 Å². The third-order valence-corrected chi connectivity index (χ3v) is 3.89. The van der Waals surface area contributed by atoms with Crippen LogP contribution in [0.25, 0.3) is 0 Å². The number of nitrogens with zero attached hydrogens (tertiary/aromatic N) is 2. The van der Waals surface area contributed by atoms with E-state index in [4.69, 9.17) is 0 Å². The van der Waals surface area contributed by atoms with Gasteiger partial charge in [0.2, 0.25) is 5.95 Å². The Labute approximate surface area is 139 Å². The van der Waals surface area contributed by atoms with E-state index in [9.17, 15) is 10.2 Å². The second-order valence-electron chi connectivity index (χ2n) is 8.25. The third-order valence-electron chi connectivity index (χ3n) is 3.89. The lowest BCUT2D eigenvalue weighted by molar-refractivity contribution is 0.0743. The van der Waals surface area contributed by atoms with Crippen LogP contribution >= 0.6 is 0 Å². The first-order valence-electron chi connectivity index (χ1n) is 8.09. The number of nitrogens with one attached hydrogen (secondary N) is 2. The zero-order valence-corrected chi connectivity index (χ0v) is 15.4. The predicted octanol–water partition coefficient (Wildman–Crippen LogP) is 2.42. The Morgan fingerprint density at radius 1 is 0.957 bits per heavy atom. The molecule has 0 bridgehead atoms. The highest BCUT2D eigenvalue weighted by Gasteiger charge is 2.23. The molecule has 1 rings (SSSR count). The monoisotopic (exact) mass is 324 g/mol. The fourth-order valence-corrected chi connectivity index (χ4v) is 1.70. The van der Waals surface area contributed by atoms with Crippen LogP contribution in [-0.2, 0) is 0 Å². The number of aromatic nitrogens is 2. The summed E-state index contributed by atoms with van der Waals surface area (Å²) in [6.07, 6.45) is 0.757. The molecule has 0 aliphatic rings. The van der Waals surface area contributed by atoms with Crippen LogP contribution in [0.3, 0.4) is 0 Å². The molecule has 1 heterocycles. The van der Waals surface area contributed by atoms with Gasteiger partial charge >= 0.3 is 0 Å². The van der Waals surface area contributed by atoms with Crippen molar-refractivity contribution in [1.29, 1.82) is 0 Å². The summed E-state index contributed by atoms with van der Waals surface area (Å²) in [6, 6.07) is 0. The molecule has 0 saturated carbocycles. The van der Waals surface area contributed by atoms with Gasteiger partial charge in [-0.25, -0.2) is 4.98 Å². The van der Waals surface area contributed by atoms with Crippen molar-refractivity contribution >= 4 is 11.8 Å². The van der Waals surface area contributed by atoms with E-state index < -0.39 is 12.2 Å². The Morgan fingerprint density at radius 3 is 1.91 bits per heavy atom. The van der Waals surface area contributed by atoms with Gasteiger partial charge in [-0.15, -0.1) is 0 Å². The van der Waals surface area contributed by atoms with E-state index in [-0.39, 0.29) is 10.8 Å². The van der Waals surface area contributed by atoms with Crippen LogP contribution in [-0.4, -0.2) is 45.5 Å². The van der Waals surface area contributed by atoms with Crippen LogP contribution in [0.2, 0.25) is 0 Å². The summed E-state index contributed by atoms with van der Waals surface area (Å²) in [5.74, 6) is 1.16. The van der Waals surface area contributed by atoms with Gasteiger partial charge in [-0.2, -0.15) is 4.98 Å². The Bertz CT molecular complexity index is 506. The number of aliphatic hydroxyl groups is 2. The van der Waals surface area contributed by atoms with Crippen LogP contribution < -0.4 is 10.6 Å². The molecule has 0 saturated heterocycles. The lowest BCUT2D eigenvalue weighted by Gasteiger charge is -2.27. The van der Waals surface area contributed by atoms with Crippen LogP contribution in [0.4, 0.5) is 11.8 Å². The molecule has 1 aromatic heterocycles. The van der Waals surface area contributed by atoms with Gasteiger partial charge in [-0.3, -0.25) is 0 Å². The van der Waals surface area contributed by atoms with Crippen LogP contribution in [0, 0.1) is 17.8 Å². The molecule has 2 unspecified atom stereocenters. The first-order chi connectivity index (χ1) is 10.4. The molecule has 0 spiro atoms. The SMILES string of the molecule is Cc1cnc(NCC(O)C(C)(C)C)nc1NCC(O)C(C)(C)C. The third kappa shape index (κ3) is 6.31. The van der Waals surface area contributed by atoms with E-state index in [1.165, 1.54) is 0 Å².